The molecule has 1 aromatic carbocycles. The van der Waals surface area contributed by atoms with E-state index in [-0.39, 0.29) is 57.0 Å². The summed E-state index contributed by atoms with van der Waals surface area (Å²) in [4.78, 5) is 101. The van der Waals surface area contributed by atoms with Crippen LogP contribution < -0.4 is 20.5 Å². The molecule has 87 heavy (non-hydrogen) atoms. The molecular formula is C65H79FN6O15. The van der Waals surface area contributed by atoms with Gasteiger partial charge in [0.2, 0.25) is 5.78 Å². The number of piperidine rings is 1. The second kappa shape index (κ2) is 23.9. The quantitative estimate of drug-likeness (QED) is 0.100. The highest BCUT2D eigenvalue weighted by molar-refractivity contribution is 6.37. The predicted octanol–water partition coefficient (Wildman–Crippen LogP) is 7.08. The van der Waals surface area contributed by atoms with Crippen LogP contribution in [-0.4, -0.2) is 158 Å². The maximum atomic E-state index is 16.3. The second-order valence-corrected chi connectivity index (χ2v) is 25.2. The topological polar surface area (TPSA) is 276 Å². The minimum atomic E-state index is -2.16. The molecule has 0 spiro atoms. The number of amides is 1. The molecule has 2 saturated carbocycles. The Bertz CT molecular complexity index is 3590. The number of esters is 1. The minimum absolute atomic E-state index is 0.0463. The summed E-state index contributed by atoms with van der Waals surface area (Å²) in [6.07, 6.45) is 11.3. The fraction of sp³-hybridized carbons (Fsp3) is 0.538. The van der Waals surface area contributed by atoms with E-state index in [0.29, 0.717) is 55.8 Å². The Morgan fingerprint density at radius 1 is 0.897 bits per heavy atom. The van der Waals surface area contributed by atoms with E-state index in [1.54, 1.807) is 44.9 Å². The average molecular weight is 1200 g/mol. The molecule has 0 radical (unpaired) electrons. The Labute approximate surface area is 504 Å². The number of carbonyl (C=O) groups excluding carboxylic acids is 5. The van der Waals surface area contributed by atoms with Crippen LogP contribution in [0.1, 0.15) is 157 Å². The number of hydrazone groups is 1. The van der Waals surface area contributed by atoms with Crippen molar-refractivity contribution in [1.29, 1.82) is 0 Å². The zero-order valence-electron chi connectivity index (χ0n) is 51.1. The Morgan fingerprint density at radius 3 is 2.22 bits per heavy atom. The van der Waals surface area contributed by atoms with E-state index in [1.165, 1.54) is 63.6 Å². The number of carbonyl (C=O) groups is 6. The maximum Gasteiger partial charge on any atom is 0.341 e. The van der Waals surface area contributed by atoms with Gasteiger partial charge in [0.15, 0.2) is 11.6 Å². The molecule has 8 aliphatic rings. The van der Waals surface area contributed by atoms with E-state index < -0.39 is 123 Å². The first-order valence-corrected chi connectivity index (χ1v) is 30.1. The monoisotopic (exact) mass is 1200 g/mol. The fourth-order valence-electron chi connectivity index (χ4n) is 14.2. The van der Waals surface area contributed by atoms with Crippen LogP contribution in [0.25, 0.3) is 5.52 Å². The van der Waals surface area contributed by atoms with Crippen molar-refractivity contribution in [3.8, 4) is 11.5 Å². The number of aryl methyl sites for hydroxylation is 1. The van der Waals surface area contributed by atoms with Gasteiger partial charge in [0.05, 0.1) is 70.5 Å². The summed E-state index contributed by atoms with van der Waals surface area (Å²) in [6.45, 7) is 16.2. The number of anilines is 1. The molecule has 5 aliphatic heterocycles. The highest BCUT2D eigenvalue weighted by atomic mass is 19.1. The van der Waals surface area contributed by atoms with Crippen molar-refractivity contribution in [1.82, 2.24) is 19.6 Å². The zero-order chi connectivity index (χ0) is 63.0. The number of benzene rings is 1. The summed E-state index contributed by atoms with van der Waals surface area (Å²) in [5.41, 5.74) is -1.01. The number of allylic oxidation sites excluding steroid dienone is 4. The van der Waals surface area contributed by atoms with E-state index in [4.69, 9.17) is 24.0 Å². The number of nitrogens with one attached hydrogen (secondary N) is 1. The molecule has 3 aromatic rings. The normalized spacial score (nSPS) is 29.0. The Hall–Kier alpha value is -7.53. The first kappa shape index (κ1) is 62.5. The van der Waals surface area contributed by atoms with Gasteiger partial charge in [-0.3, -0.25) is 43.1 Å². The van der Waals surface area contributed by atoms with Crippen LogP contribution >= 0.6 is 0 Å². The molecule has 2 aromatic heterocycles. The van der Waals surface area contributed by atoms with Gasteiger partial charge in [-0.2, -0.15) is 5.10 Å². The number of nitrogens with zero attached hydrogens (tertiary/aromatic N) is 5. The molecule has 22 heteroatoms. The smallest absolute Gasteiger partial charge is 0.341 e. The predicted molar refractivity (Wildman–Crippen MR) is 319 cm³/mol. The molecule has 2 saturated heterocycles. The van der Waals surface area contributed by atoms with Gasteiger partial charge in [-0.15, -0.1) is 0 Å². The van der Waals surface area contributed by atoms with Crippen LogP contribution in [0.4, 0.5) is 10.1 Å². The number of carboxylic acids is 1. The molecule has 7 heterocycles. The van der Waals surface area contributed by atoms with Gasteiger partial charge in [-0.05, 0) is 108 Å². The van der Waals surface area contributed by atoms with Crippen molar-refractivity contribution in [2.75, 3.05) is 45.2 Å². The summed E-state index contributed by atoms with van der Waals surface area (Å²) in [6, 6.07) is 1.60. The lowest BCUT2D eigenvalue weighted by Gasteiger charge is -2.42. The molecular weight excluding hydrogens is 1120 g/mol. The number of phenols is 1. The van der Waals surface area contributed by atoms with Crippen LogP contribution in [0.5, 0.6) is 11.5 Å². The van der Waals surface area contributed by atoms with Crippen molar-refractivity contribution < 1.29 is 72.5 Å². The number of fused-ring (bicyclic) bond motifs is 15. The van der Waals surface area contributed by atoms with Crippen molar-refractivity contribution >= 4 is 52.6 Å². The van der Waals surface area contributed by atoms with E-state index in [9.17, 15) is 49.2 Å². The highest BCUT2D eigenvalue weighted by Gasteiger charge is 2.56. The number of ether oxygens (including phenoxy) is 4. The molecule has 21 nitrogen and oxygen atoms in total. The third-order valence-corrected chi connectivity index (χ3v) is 19.8. The Morgan fingerprint density at radius 2 is 1.59 bits per heavy atom. The van der Waals surface area contributed by atoms with Gasteiger partial charge in [0.25, 0.3) is 17.2 Å². The third kappa shape index (κ3) is 11.2. The third-order valence-electron chi connectivity index (χ3n) is 19.8. The number of carboxylic acid groups (broad SMARTS) is 1. The first-order chi connectivity index (χ1) is 41.2. The standard InChI is InChI=1S/C65H79FN6O15/c1-31-13-12-14-32(2)61(80)68-50-44(56(77)47-48(57(50)78)55(76)37(7)59-49(47)60(79)64(9,87-59)85-26-20-46(84-11)33(3)58(86-38(8)73)36(6)54(75)35(5)53(31)74)28-67-71-24-18-41(19-25-71)69(10)65(21-22-65)40-17-23-70(29-40)52-34(4)51-42(39-15-16-39)27-43(63(82)83)62(81)72(51)30-45(52)66/h12-14,20,26-28,30-31,33,35-36,39-41,46,53-54,58,74-76H,15-19,21-25,29H2,1-11H3,(H,68,80)(H,82,83)/t31-,33+,35+,36+,40+,46-,53-,54+,58+,64-/m0/s1. The number of aromatic nitrogens is 1. The van der Waals surface area contributed by atoms with Gasteiger partial charge in [0, 0.05) is 93.5 Å². The number of ketones is 3. The summed E-state index contributed by atoms with van der Waals surface area (Å²) >= 11 is 0. The summed E-state index contributed by atoms with van der Waals surface area (Å²) in [5.74, 6) is -11.5. The van der Waals surface area contributed by atoms with Gasteiger partial charge in [-0.1, -0.05) is 45.9 Å². The number of Topliss-reactive ketones (excluding diaryl/α,β-unsaturated/α-hetero) is 3. The maximum absolute atomic E-state index is 16.3. The molecule has 11 rings (SSSR count). The summed E-state index contributed by atoms with van der Waals surface area (Å²) in [5, 5.41) is 53.9. The van der Waals surface area contributed by atoms with E-state index in [0.717, 1.165) is 50.1 Å². The SMILES string of the molecule is CO[C@H]1C=CO[C@@]2(C)Oc3c(C)c(O)c4c(c3C2=O)C(=O)C(C=NN2CCC(N(C)C3([C@@H]5CCN(c6c(F)cn7c(=O)c(C(=O)O)cc(C8CC8)c7c6C)C5)CC3)CC2)=C(NC(=O)C(C)=CC=C[C@H](C)[C@H](O)[C@@H](C)[C@@H](O)[C@@H](C)[C@H](OC(C)=O)[C@@H]1C)C4=O. The average Bonchev–Trinajstić information content (AvgIpc) is 1.69. The number of aromatic hydroxyl groups is 1. The number of pyridine rings is 2. The van der Waals surface area contributed by atoms with Crippen LogP contribution in [0.2, 0.25) is 0 Å². The van der Waals surface area contributed by atoms with Crippen molar-refractivity contribution in [2.24, 2.45) is 34.7 Å². The highest BCUT2D eigenvalue weighted by Crippen LogP contribution is 2.54. The number of rotatable bonds is 10. The Kier molecular flexibility index (Phi) is 17.2. The van der Waals surface area contributed by atoms with Gasteiger partial charge in [-0.25, -0.2) is 9.18 Å². The molecule has 466 valence electrons. The summed E-state index contributed by atoms with van der Waals surface area (Å²) in [7, 11) is 3.55. The van der Waals surface area contributed by atoms with Crippen molar-refractivity contribution in [2.45, 2.75) is 155 Å². The molecule has 5 bridgehead atoms. The van der Waals surface area contributed by atoms with Crippen LogP contribution in [0.15, 0.2) is 69.6 Å². The number of methoxy groups -OCH3 is 1. The molecule has 4 fully saturated rings. The molecule has 1 amide bonds. The number of aliphatic hydroxyl groups excluding tert-OH is 2. The van der Waals surface area contributed by atoms with E-state index in [2.05, 4.69) is 22.2 Å². The zero-order valence-corrected chi connectivity index (χ0v) is 51.1. The van der Waals surface area contributed by atoms with Crippen molar-refractivity contribution in [3.05, 3.63) is 115 Å². The fourth-order valence-corrected chi connectivity index (χ4v) is 14.2. The number of halogens is 1. The molecule has 5 N–H and O–H groups in total. The molecule has 10 atom stereocenters. The van der Waals surface area contributed by atoms with Crippen LogP contribution in [-0.2, 0) is 23.8 Å². The Balaban J connectivity index is 0.915. The lowest BCUT2D eigenvalue weighted by atomic mass is 9.78. The minimum Gasteiger partial charge on any atom is -0.507 e. The number of hydrogen-bond donors (Lipinski definition) is 5. The number of hydrogen-bond acceptors (Lipinski definition) is 18. The lowest BCUT2D eigenvalue weighted by Crippen LogP contribution is -2.50. The van der Waals surface area contributed by atoms with Gasteiger partial charge >= 0.3 is 17.7 Å². The number of phenolic OH excluding ortho intramolecular Hbond substituents is 1. The largest absolute Gasteiger partial charge is 0.507 e. The van der Waals surface area contributed by atoms with E-state index >= 15 is 9.18 Å². The number of aromatic carboxylic acids is 1. The van der Waals surface area contributed by atoms with Crippen LogP contribution in [0.3, 0.4) is 0 Å². The van der Waals surface area contributed by atoms with Gasteiger partial charge < -0.3 is 49.6 Å². The number of aliphatic hydroxyl groups is 2. The lowest BCUT2D eigenvalue weighted by molar-refractivity contribution is -0.160. The van der Waals surface area contributed by atoms with E-state index in [1.807, 2.05) is 6.92 Å². The van der Waals surface area contributed by atoms with Crippen LogP contribution in [0, 0.1) is 49.3 Å². The molecule has 3 aliphatic carbocycles. The van der Waals surface area contributed by atoms with Crippen molar-refractivity contribution in [3.63, 3.8) is 0 Å². The second-order valence-electron chi connectivity index (χ2n) is 25.2. The summed E-state index contributed by atoms with van der Waals surface area (Å²) < 4.78 is 41.3. The van der Waals surface area contributed by atoms with Gasteiger partial charge in [0.1, 0.15) is 28.9 Å². The first-order valence-electron chi connectivity index (χ1n) is 30.1. The molecule has 0 unspecified atom stereocenters.